The number of nitrogens with one attached hydrogen (secondary N) is 1. The Balaban J connectivity index is 2.24. The minimum absolute atomic E-state index is 0.0236. The number of esters is 1. The van der Waals surface area contributed by atoms with Crippen LogP contribution in [-0.4, -0.2) is 25.6 Å². The van der Waals surface area contributed by atoms with E-state index in [1.165, 1.54) is 18.2 Å². The summed E-state index contributed by atoms with van der Waals surface area (Å²) >= 11 is 3.12. The molecule has 6 nitrogen and oxygen atoms in total. The standard InChI is InChI=1S/C18H16BrNO5/c1-3-10-24-18(22)14(11-12-4-6-13(23-2)7-5-12)20-17(21)15-8-9-16(19)25-15/h3-9,11H,1,10H2,2H3,(H,20,21)/b14-11+. The minimum atomic E-state index is -0.685. The number of rotatable bonds is 7. The molecule has 0 fully saturated rings. The van der Waals surface area contributed by atoms with Crippen LogP contribution in [0.1, 0.15) is 16.1 Å². The van der Waals surface area contributed by atoms with Gasteiger partial charge in [-0.15, -0.1) is 0 Å². The number of hydrogen-bond donors (Lipinski definition) is 1. The van der Waals surface area contributed by atoms with E-state index < -0.39 is 11.9 Å². The largest absolute Gasteiger partial charge is 0.497 e. The topological polar surface area (TPSA) is 77.8 Å². The third-order valence-electron chi connectivity index (χ3n) is 3.02. The van der Waals surface area contributed by atoms with Gasteiger partial charge in [0.15, 0.2) is 10.4 Å². The molecule has 0 unspecified atom stereocenters. The number of hydrogen-bond acceptors (Lipinski definition) is 5. The summed E-state index contributed by atoms with van der Waals surface area (Å²) in [6.45, 7) is 3.52. The number of carbonyl (C=O) groups excluding carboxylic acids is 2. The van der Waals surface area contributed by atoms with Gasteiger partial charge in [-0.25, -0.2) is 4.79 Å². The number of halogens is 1. The van der Waals surface area contributed by atoms with Crippen LogP contribution in [0.15, 0.2) is 63.8 Å². The zero-order valence-corrected chi connectivity index (χ0v) is 15.0. The van der Waals surface area contributed by atoms with Gasteiger partial charge in [0.1, 0.15) is 18.1 Å². The van der Waals surface area contributed by atoms with E-state index >= 15 is 0 Å². The van der Waals surface area contributed by atoms with Crippen LogP contribution in [0.25, 0.3) is 6.08 Å². The molecule has 0 aliphatic heterocycles. The summed E-state index contributed by atoms with van der Waals surface area (Å²) in [5.41, 5.74) is 0.664. The molecule has 25 heavy (non-hydrogen) atoms. The van der Waals surface area contributed by atoms with Crippen molar-refractivity contribution in [2.75, 3.05) is 13.7 Å². The van der Waals surface area contributed by atoms with E-state index in [2.05, 4.69) is 27.8 Å². The fourth-order valence-electron chi connectivity index (χ4n) is 1.85. The van der Waals surface area contributed by atoms with Gasteiger partial charge in [0, 0.05) is 0 Å². The van der Waals surface area contributed by atoms with Crippen LogP contribution in [0.3, 0.4) is 0 Å². The number of ether oxygens (including phenoxy) is 2. The lowest BCUT2D eigenvalue weighted by Crippen LogP contribution is -2.28. The van der Waals surface area contributed by atoms with Crippen molar-refractivity contribution in [1.82, 2.24) is 5.32 Å². The molecule has 0 radical (unpaired) electrons. The number of carbonyl (C=O) groups is 2. The molecule has 0 aliphatic carbocycles. The van der Waals surface area contributed by atoms with Gasteiger partial charge in [0.05, 0.1) is 7.11 Å². The highest BCUT2D eigenvalue weighted by Crippen LogP contribution is 2.16. The van der Waals surface area contributed by atoms with Crippen molar-refractivity contribution < 1.29 is 23.5 Å². The predicted molar refractivity (Wildman–Crippen MR) is 96.0 cm³/mol. The Bertz CT molecular complexity index is 792. The molecule has 1 aromatic carbocycles. The molecule has 0 bridgehead atoms. The molecule has 7 heteroatoms. The van der Waals surface area contributed by atoms with Crippen molar-refractivity contribution in [2.45, 2.75) is 0 Å². The zero-order valence-electron chi connectivity index (χ0n) is 13.5. The van der Waals surface area contributed by atoms with Crippen LogP contribution in [0.5, 0.6) is 5.75 Å². The molecule has 0 aliphatic rings. The molecule has 0 saturated heterocycles. The SMILES string of the molecule is C=CCOC(=O)/C(=C\c1ccc(OC)cc1)NC(=O)c1ccc(Br)o1. The number of methoxy groups -OCH3 is 1. The van der Waals surface area contributed by atoms with Gasteiger partial charge in [0.25, 0.3) is 5.91 Å². The van der Waals surface area contributed by atoms with Gasteiger partial charge < -0.3 is 19.2 Å². The summed E-state index contributed by atoms with van der Waals surface area (Å²) in [5.74, 6) is -0.517. The molecule has 1 amide bonds. The number of furan rings is 1. The number of amides is 1. The smallest absolute Gasteiger partial charge is 0.355 e. The lowest BCUT2D eigenvalue weighted by Gasteiger charge is -2.09. The quantitative estimate of drug-likeness (QED) is 0.432. The average molecular weight is 406 g/mol. The first kappa shape index (κ1) is 18.5. The third kappa shape index (κ3) is 5.36. The van der Waals surface area contributed by atoms with E-state index in [0.29, 0.717) is 16.0 Å². The molecule has 1 aromatic heterocycles. The fourth-order valence-corrected chi connectivity index (χ4v) is 2.15. The molecule has 1 heterocycles. The molecule has 1 N–H and O–H groups in total. The molecule has 130 valence electrons. The first-order chi connectivity index (χ1) is 12.0. The van der Waals surface area contributed by atoms with E-state index in [4.69, 9.17) is 13.9 Å². The Morgan fingerprint density at radius 1 is 1.24 bits per heavy atom. The Kier molecular flexibility index (Phi) is 6.59. The lowest BCUT2D eigenvalue weighted by atomic mass is 10.2. The van der Waals surface area contributed by atoms with E-state index in [-0.39, 0.29) is 18.1 Å². The van der Waals surface area contributed by atoms with Gasteiger partial charge >= 0.3 is 5.97 Å². The molecular formula is C18H16BrNO5. The van der Waals surface area contributed by atoms with Crippen molar-refractivity contribution in [2.24, 2.45) is 0 Å². The van der Waals surface area contributed by atoms with Crippen molar-refractivity contribution in [1.29, 1.82) is 0 Å². The molecular weight excluding hydrogens is 390 g/mol. The fraction of sp³-hybridized carbons (Fsp3) is 0.111. The van der Waals surface area contributed by atoms with Crippen molar-refractivity contribution in [3.8, 4) is 5.75 Å². The number of benzene rings is 1. The van der Waals surface area contributed by atoms with Crippen LogP contribution < -0.4 is 10.1 Å². The summed E-state index contributed by atoms with van der Waals surface area (Å²) in [6, 6.07) is 10.0. The van der Waals surface area contributed by atoms with Crippen LogP contribution in [0.2, 0.25) is 0 Å². The van der Waals surface area contributed by atoms with Crippen LogP contribution in [0, 0.1) is 0 Å². The zero-order chi connectivity index (χ0) is 18.2. The summed E-state index contributed by atoms with van der Waals surface area (Å²) < 4.78 is 15.7. The average Bonchev–Trinajstić information content (AvgIpc) is 3.06. The molecule has 2 rings (SSSR count). The van der Waals surface area contributed by atoms with E-state index in [9.17, 15) is 9.59 Å². The summed E-state index contributed by atoms with van der Waals surface area (Å²) in [4.78, 5) is 24.4. The van der Waals surface area contributed by atoms with Crippen molar-refractivity contribution in [3.05, 3.63) is 70.7 Å². The highest BCUT2D eigenvalue weighted by molar-refractivity contribution is 9.10. The summed E-state index contributed by atoms with van der Waals surface area (Å²) in [6.07, 6.45) is 2.94. The highest BCUT2D eigenvalue weighted by Gasteiger charge is 2.18. The van der Waals surface area contributed by atoms with E-state index in [1.807, 2.05) is 0 Å². The Labute approximate surface area is 153 Å². The Morgan fingerprint density at radius 2 is 1.96 bits per heavy atom. The van der Waals surface area contributed by atoms with Gasteiger partial charge in [-0.3, -0.25) is 4.79 Å². The summed E-state index contributed by atoms with van der Waals surface area (Å²) in [7, 11) is 1.56. The van der Waals surface area contributed by atoms with Crippen molar-refractivity contribution in [3.63, 3.8) is 0 Å². The maximum Gasteiger partial charge on any atom is 0.355 e. The first-order valence-corrected chi connectivity index (χ1v) is 8.03. The predicted octanol–water partition coefficient (Wildman–Crippen LogP) is 3.55. The van der Waals surface area contributed by atoms with Gasteiger partial charge in [-0.2, -0.15) is 0 Å². The van der Waals surface area contributed by atoms with Crippen LogP contribution >= 0.6 is 15.9 Å². The second-order valence-corrected chi connectivity index (χ2v) is 5.56. The highest BCUT2D eigenvalue weighted by atomic mass is 79.9. The minimum Gasteiger partial charge on any atom is -0.497 e. The first-order valence-electron chi connectivity index (χ1n) is 7.24. The van der Waals surface area contributed by atoms with Gasteiger partial charge in [0.2, 0.25) is 0 Å². The van der Waals surface area contributed by atoms with Gasteiger partial charge in [-0.05, 0) is 51.8 Å². The Morgan fingerprint density at radius 3 is 2.52 bits per heavy atom. The second-order valence-electron chi connectivity index (χ2n) is 4.78. The van der Waals surface area contributed by atoms with Gasteiger partial charge in [-0.1, -0.05) is 24.8 Å². The normalized spacial score (nSPS) is 10.9. The maximum absolute atomic E-state index is 12.2. The second kappa shape index (κ2) is 8.89. The van der Waals surface area contributed by atoms with E-state index in [1.54, 1.807) is 37.4 Å². The summed E-state index contributed by atoms with van der Waals surface area (Å²) in [5, 5.41) is 2.50. The van der Waals surface area contributed by atoms with Crippen LogP contribution in [0.4, 0.5) is 0 Å². The Hall–Kier alpha value is -2.80. The molecule has 0 atom stereocenters. The molecule has 0 saturated carbocycles. The molecule has 0 spiro atoms. The van der Waals surface area contributed by atoms with E-state index in [0.717, 1.165) is 0 Å². The lowest BCUT2D eigenvalue weighted by molar-refractivity contribution is -0.138. The monoisotopic (exact) mass is 405 g/mol. The molecule has 2 aromatic rings. The van der Waals surface area contributed by atoms with Crippen LogP contribution in [-0.2, 0) is 9.53 Å². The maximum atomic E-state index is 12.2. The third-order valence-corrected chi connectivity index (χ3v) is 3.45. The van der Waals surface area contributed by atoms with Crippen molar-refractivity contribution >= 4 is 33.9 Å².